The first-order valence-corrected chi connectivity index (χ1v) is 8.98. The maximum absolute atomic E-state index is 9.27. The monoisotopic (exact) mass is 389 g/mol. The highest BCUT2D eigenvalue weighted by molar-refractivity contribution is 6.33. The number of hydrogen-bond donors (Lipinski definition) is 3. The fourth-order valence-corrected chi connectivity index (χ4v) is 3.56. The van der Waals surface area contributed by atoms with Gasteiger partial charge >= 0.3 is 7.32 Å². The van der Waals surface area contributed by atoms with E-state index >= 15 is 0 Å². The summed E-state index contributed by atoms with van der Waals surface area (Å²) < 4.78 is 12.9. The number of aromatic nitrogens is 4. The Labute approximate surface area is 165 Å². The van der Waals surface area contributed by atoms with Crippen LogP contribution < -0.4 is 15.1 Å². The van der Waals surface area contributed by atoms with E-state index in [1.54, 1.807) is 18.3 Å². The highest BCUT2D eigenvalue weighted by atomic mass is 16.6. The summed E-state index contributed by atoms with van der Waals surface area (Å²) in [6.07, 6.45) is 3.93. The van der Waals surface area contributed by atoms with Crippen molar-refractivity contribution in [2.24, 2.45) is 0 Å². The molecule has 1 aliphatic rings. The maximum Gasteiger partial charge on any atom is 0.707 e. The molecule has 0 spiro atoms. The van der Waals surface area contributed by atoms with E-state index in [-0.39, 0.29) is 5.75 Å². The Bertz CT molecular complexity index is 1230. The highest BCUT2D eigenvalue weighted by Crippen LogP contribution is 2.40. The number of rotatable bonds is 3. The smallest absolute Gasteiger partial charge is 0.512 e. The molecule has 2 aromatic carbocycles. The Balaban J connectivity index is 1.78. The molecular weight excluding hydrogens is 373 g/mol. The van der Waals surface area contributed by atoms with Gasteiger partial charge in [0.05, 0.1) is 24.0 Å². The van der Waals surface area contributed by atoms with Crippen LogP contribution in [0.4, 0.5) is 5.69 Å². The first-order chi connectivity index (χ1) is 14.1. The van der Waals surface area contributed by atoms with Gasteiger partial charge in [-0.05, 0) is 29.8 Å². The van der Waals surface area contributed by atoms with Crippen LogP contribution in [-0.4, -0.2) is 44.0 Å². The molecule has 0 saturated heterocycles. The van der Waals surface area contributed by atoms with Crippen LogP contribution in [0.2, 0.25) is 0 Å². The second kappa shape index (κ2) is 6.76. The molecule has 0 unspecified atom stereocenters. The lowest BCUT2D eigenvalue weighted by Gasteiger charge is -2.17. The number of ether oxygens (including phenoxy) is 1. The second-order valence-electron chi connectivity index (χ2n) is 6.63. The predicted octanol–water partition coefficient (Wildman–Crippen LogP) is 1.35. The largest absolute Gasteiger partial charge is 0.707 e. The van der Waals surface area contributed by atoms with E-state index < -0.39 is 7.32 Å². The molecule has 0 atom stereocenters. The lowest BCUT2D eigenvalue weighted by Crippen LogP contribution is -2.20. The molecule has 0 radical (unpaired) electrons. The standard InChI is InChI=1S/C19H16BN5O4/c21-16-10-22-24-17-7-11(1-2-14(16)17)15-8-13(29-20(26)27)9-18-19(15)25-12(3-5-23-25)4-6-28-18/h1-3,5,7-10,26-27H,4,6H2,(H2,21,24). The molecule has 0 bridgehead atoms. The molecular formula is C19H16BN5O4. The van der Waals surface area contributed by atoms with E-state index in [0.29, 0.717) is 30.0 Å². The van der Waals surface area contributed by atoms with Gasteiger partial charge in [-0.3, -0.25) is 0 Å². The van der Waals surface area contributed by atoms with Gasteiger partial charge in [0.25, 0.3) is 0 Å². The molecule has 0 fully saturated rings. The van der Waals surface area contributed by atoms with Crippen molar-refractivity contribution >= 4 is 23.9 Å². The number of hydrogen-bond acceptors (Lipinski definition) is 8. The van der Waals surface area contributed by atoms with Gasteiger partial charge in [-0.15, -0.1) is 0 Å². The minimum absolute atomic E-state index is 0.253. The number of nitrogens with zero attached hydrogens (tertiary/aromatic N) is 4. The summed E-state index contributed by atoms with van der Waals surface area (Å²) in [5.41, 5.74) is 10.4. The van der Waals surface area contributed by atoms with Gasteiger partial charge in [0.1, 0.15) is 17.2 Å². The summed E-state index contributed by atoms with van der Waals surface area (Å²) in [4.78, 5) is 0. The number of nitrogen functional groups attached to an aromatic ring is 1. The fourth-order valence-electron chi connectivity index (χ4n) is 3.56. The van der Waals surface area contributed by atoms with Crippen molar-refractivity contribution in [3.63, 3.8) is 0 Å². The van der Waals surface area contributed by atoms with Crippen LogP contribution in [0.3, 0.4) is 0 Å². The van der Waals surface area contributed by atoms with Gasteiger partial charge < -0.3 is 25.2 Å². The van der Waals surface area contributed by atoms with Crippen LogP contribution in [0.1, 0.15) is 5.69 Å². The molecule has 144 valence electrons. The molecule has 4 N–H and O–H groups in total. The third-order valence-corrected chi connectivity index (χ3v) is 4.82. The van der Waals surface area contributed by atoms with Crippen molar-refractivity contribution in [3.8, 4) is 28.3 Å². The van der Waals surface area contributed by atoms with E-state index in [0.717, 1.165) is 27.9 Å². The molecule has 1 aliphatic heterocycles. The minimum atomic E-state index is -1.95. The van der Waals surface area contributed by atoms with Crippen molar-refractivity contribution in [2.75, 3.05) is 12.3 Å². The molecule has 9 nitrogen and oxygen atoms in total. The average Bonchev–Trinajstić information content (AvgIpc) is 3.08. The Morgan fingerprint density at radius 2 is 2.07 bits per heavy atom. The topological polar surface area (TPSA) is 129 Å². The van der Waals surface area contributed by atoms with Gasteiger partial charge in [0.15, 0.2) is 0 Å². The van der Waals surface area contributed by atoms with Crippen LogP contribution in [0, 0.1) is 0 Å². The van der Waals surface area contributed by atoms with Crippen molar-refractivity contribution in [3.05, 3.63) is 54.5 Å². The summed E-state index contributed by atoms with van der Waals surface area (Å²) in [6.45, 7) is 0.461. The summed E-state index contributed by atoms with van der Waals surface area (Å²) in [6, 6.07) is 10.9. The molecule has 0 amide bonds. The summed E-state index contributed by atoms with van der Waals surface area (Å²) in [5, 5.41) is 31.9. The number of fused-ring (bicyclic) bond motifs is 4. The lowest BCUT2D eigenvalue weighted by atomic mass is 10.00. The number of anilines is 1. The first-order valence-electron chi connectivity index (χ1n) is 8.98. The zero-order valence-electron chi connectivity index (χ0n) is 15.2. The Morgan fingerprint density at radius 1 is 1.17 bits per heavy atom. The summed E-state index contributed by atoms with van der Waals surface area (Å²) >= 11 is 0. The predicted molar refractivity (Wildman–Crippen MR) is 107 cm³/mol. The third kappa shape index (κ3) is 3.04. The molecule has 5 rings (SSSR count). The number of nitrogens with two attached hydrogens (primary N) is 1. The maximum atomic E-state index is 9.27. The Hall–Kier alpha value is -3.63. The average molecular weight is 389 g/mol. The fraction of sp³-hybridized carbons (Fsp3) is 0.105. The molecule has 3 heterocycles. The third-order valence-electron chi connectivity index (χ3n) is 4.82. The van der Waals surface area contributed by atoms with Crippen LogP contribution >= 0.6 is 0 Å². The summed E-state index contributed by atoms with van der Waals surface area (Å²) in [5.74, 6) is 0.780. The molecule has 0 aliphatic carbocycles. The van der Waals surface area contributed by atoms with Crippen LogP contribution in [0.5, 0.6) is 11.5 Å². The van der Waals surface area contributed by atoms with E-state index in [1.807, 2.05) is 28.9 Å². The van der Waals surface area contributed by atoms with E-state index in [4.69, 9.17) is 15.1 Å². The lowest BCUT2D eigenvalue weighted by molar-refractivity contribution is 0.286. The number of benzene rings is 2. The summed E-state index contributed by atoms with van der Waals surface area (Å²) in [7, 11) is -1.95. The van der Waals surface area contributed by atoms with Crippen molar-refractivity contribution in [1.82, 2.24) is 20.0 Å². The van der Waals surface area contributed by atoms with Gasteiger partial charge in [-0.1, -0.05) is 6.07 Å². The first kappa shape index (κ1) is 17.5. The molecule has 0 saturated carbocycles. The van der Waals surface area contributed by atoms with Gasteiger partial charge in [0.2, 0.25) is 0 Å². The molecule has 2 aromatic heterocycles. The van der Waals surface area contributed by atoms with E-state index in [9.17, 15) is 10.0 Å². The SMILES string of the molecule is Nc1cnnc2cc(-c3cc(OB(O)O)cc4c3-n3nccc3CCO4)ccc12. The van der Waals surface area contributed by atoms with Crippen molar-refractivity contribution in [2.45, 2.75) is 6.42 Å². The van der Waals surface area contributed by atoms with Gasteiger partial charge in [-0.25, -0.2) is 4.68 Å². The zero-order valence-corrected chi connectivity index (χ0v) is 15.2. The van der Waals surface area contributed by atoms with Crippen LogP contribution in [-0.2, 0) is 6.42 Å². The normalized spacial score (nSPS) is 12.6. The van der Waals surface area contributed by atoms with Crippen LogP contribution in [0.15, 0.2) is 48.8 Å². The van der Waals surface area contributed by atoms with Gasteiger partial charge in [0, 0.05) is 35.3 Å². The molecule has 4 aromatic rings. The highest BCUT2D eigenvalue weighted by Gasteiger charge is 2.23. The van der Waals surface area contributed by atoms with Crippen molar-refractivity contribution < 1.29 is 19.4 Å². The molecule has 10 heteroatoms. The molecule has 29 heavy (non-hydrogen) atoms. The zero-order chi connectivity index (χ0) is 20.0. The van der Waals surface area contributed by atoms with Crippen molar-refractivity contribution in [1.29, 1.82) is 0 Å². The quantitative estimate of drug-likeness (QED) is 0.448. The second-order valence-corrected chi connectivity index (χ2v) is 6.63. The Kier molecular flexibility index (Phi) is 4.07. The Morgan fingerprint density at radius 3 is 2.93 bits per heavy atom. The van der Waals surface area contributed by atoms with E-state index in [1.165, 1.54) is 6.20 Å². The van der Waals surface area contributed by atoms with Crippen LogP contribution in [0.25, 0.3) is 27.7 Å². The van der Waals surface area contributed by atoms with E-state index in [2.05, 4.69) is 15.3 Å². The van der Waals surface area contributed by atoms with Gasteiger partial charge in [-0.2, -0.15) is 15.3 Å². The minimum Gasteiger partial charge on any atom is -0.512 e.